The molecule has 0 N–H and O–H groups in total. The van der Waals surface area contributed by atoms with Gasteiger partial charge in [0.25, 0.3) is 0 Å². The molecule has 3 aromatic rings. The molecule has 0 bridgehead atoms. The van der Waals surface area contributed by atoms with Crippen molar-refractivity contribution < 1.29 is 18.3 Å². The van der Waals surface area contributed by atoms with Gasteiger partial charge in [0, 0.05) is 11.1 Å². The first-order chi connectivity index (χ1) is 12.0. The number of rotatable bonds is 4. The maximum absolute atomic E-state index is 13.3. The van der Waals surface area contributed by atoms with Crippen molar-refractivity contribution in [2.24, 2.45) is 0 Å². The fourth-order valence-electron chi connectivity index (χ4n) is 2.68. The number of carbonyl (C=O) groups is 1. The molecule has 0 fully saturated rings. The van der Waals surface area contributed by atoms with Crippen LogP contribution in [0.1, 0.15) is 21.5 Å². The van der Waals surface area contributed by atoms with E-state index in [1.807, 2.05) is 37.3 Å². The minimum absolute atomic E-state index is 0.118. The van der Waals surface area contributed by atoms with Crippen LogP contribution < -0.4 is 4.74 Å². The van der Waals surface area contributed by atoms with E-state index in [0.29, 0.717) is 5.56 Å². The summed E-state index contributed by atoms with van der Waals surface area (Å²) in [5.41, 5.74) is 3.51. The highest BCUT2D eigenvalue weighted by Crippen LogP contribution is 2.26. The van der Waals surface area contributed by atoms with Gasteiger partial charge in [-0.15, -0.1) is 0 Å². The van der Waals surface area contributed by atoms with Gasteiger partial charge in [-0.3, -0.25) is 4.79 Å². The predicted octanol–water partition coefficient (Wildman–Crippen LogP) is 5.18. The Hall–Kier alpha value is -3.01. The normalized spacial score (nSPS) is 10.6. The summed E-state index contributed by atoms with van der Waals surface area (Å²) in [5.74, 6) is -1.54. The fourth-order valence-corrected chi connectivity index (χ4v) is 2.68. The van der Waals surface area contributed by atoms with E-state index < -0.39 is 11.6 Å². The van der Waals surface area contributed by atoms with Crippen LogP contribution in [-0.2, 0) is 0 Å². The van der Waals surface area contributed by atoms with Crippen LogP contribution in [0.3, 0.4) is 0 Å². The minimum atomic E-state index is -1.03. The Balaban J connectivity index is 1.88. The van der Waals surface area contributed by atoms with E-state index in [9.17, 15) is 13.6 Å². The molecule has 0 amide bonds. The van der Waals surface area contributed by atoms with Gasteiger partial charge in [-0.1, -0.05) is 30.3 Å². The molecule has 0 heterocycles. The number of methoxy groups -OCH3 is 1. The Morgan fingerprint density at radius 1 is 0.800 bits per heavy atom. The molecule has 3 rings (SSSR count). The Kier molecular flexibility index (Phi) is 4.61. The average molecular weight is 338 g/mol. The van der Waals surface area contributed by atoms with Crippen molar-refractivity contribution in [1.29, 1.82) is 0 Å². The topological polar surface area (TPSA) is 26.3 Å². The molecule has 2 nitrogen and oxygen atoms in total. The van der Waals surface area contributed by atoms with Crippen LogP contribution in [-0.4, -0.2) is 12.9 Å². The fraction of sp³-hybridized carbons (Fsp3) is 0.0952. The molecule has 25 heavy (non-hydrogen) atoms. The molecule has 0 saturated carbocycles. The summed E-state index contributed by atoms with van der Waals surface area (Å²) in [6, 6.07) is 16.0. The first kappa shape index (κ1) is 16.8. The Morgan fingerprint density at radius 3 is 2.04 bits per heavy atom. The summed E-state index contributed by atoms with van der Waals surface area (Å²) in [5, 5.41) is 0. The van der Waals surface area contributed by atoms with E-state index >= 15 is 0 Å². The zero-order valence-electron chi connectivity index (χ0n) is 13.8. The van der Waals surface area contributed by atoms with Gasteiger partial charge in [-0.05, 0) is 53.9 Å². The van der Waals surface area contributed by atoms with Gasteiger partial charge in [0.05, 0.1) is 7.11 Å². The number of carbonyl (C=O) groups excluding carboxylic acids is 1. The van der Waals surface area contributed by atoms with Crippen molar-refractivity contribution in [3.8, 4) is 16.9 Å². The van der Waals surface area contributed by atoms with Crippen LogP contribution >= 0.6 is 0 Å². The average Bonchev–Trinajstić information content (AvgIpc) is 2.63. The highest BCUT2D eigenvalue weighted by molar-refractivity contribution is 6.09. The molecular formula is C21H16F2O2. The number of hydrogen-bond acceptors (Lipinski definition) is 2. The summed E-state index contributed by atoms with van der Waals surface area (Å²) in [6.07, 6.45) is 0. The van der Waals surface area contributed by atoms with Gasteiger partial charge >= 0.3 is 0 Å². The second-order valence-corrected chi connectivity index (χ2v) is 5.72. The highest BCUT2D eigenvalue weighted by Gasteiger charge is 2.12. The first-order valence-electron chi connectivity index (χ1n) is 7.74. The molecule has 0 unspecified atom stereocenters. The van der Waals surface area contributed by atoms with Crippen LogP contribution in [0.25, 0.3) is 11.1 Å². The van der Waals surface area contributed by atoms with Crippen molar-refractivity contribution in [3.05, 3.63) is 89.0 Å². The molecule has 4 heteroatoms. The van der Waals surface area contributed by atoms with Crippen LogP contribution in [0.4, 0.5) is 8.78 Å². The summed E-state index contributed by atoms with van der Waals surface area (Å²) >= 11 is 0. The van der Waals surface area contributed by atoms with Crippen LogP contribution in [0.5, 0.6) is 5.75 Å². The molecule has 0 aromatic heterocycles. The standard InChI is InChI=1S/C21H16F2O2/c1-13-11-16(8-10-20(13)25-2)14-3-5-15(6-4-14)21(24)17-7-9-18(22)19(23)12-17/h3-12H,1-2H3. The second-order valence-electron chi connectivity index (χ2n) is 5.72. The van der Waals surface area contributed by atoms with E-state index in [0.717, 1.165) is 34.6 Å². The molecule has 0 aliphatic carbocycles. The highest BCUT2D eigenvalue weighted by atomic mass is 19.2. The van der Waals surface area contributed by atoms with Crippen molar-refractivity contribution in [2.75, 3.05) is 7.11 Å². The lowest BCUT2D eigenvalue weighted by molar-refractivity contribution is 0.103. The molecule has 0 aliphatic rings. The molecule has 0 spiro atoms. The zero-order chi connectivity index (χ0) is 18.0. The third-order valence-corrected chi connectivity index (χ3v) is 4.06. The van der Waals surface area contributed by atoms with Gasteiger partial charge < -0.3 is 4.74 Å². The lowest BCUT2D eigenvalue weighted by atomic mass is 9.98. The molecule has 0 saturated heterocycles. The SMILES string of the molecule is COc1ccc(-c2ccc(C(=O)c3ccc(F)c(F)c3)cc2)cc1C. The van der Waals surface area contributed by atoms with E-state index in [2.05, 4.69) is 0 Å². The Labute approximate surface area is 144 Å². The number of hydrogen-bond donors (Lipinski definition) is 0. The molecule has 0 atom stereocenters. The van der Waals surface area contributed by atoms with E-state index in [-0.39, 0.29) is 11.3 Å². The smallest absolute Gasteiger partial charge is 0.193 e. The Morgan fingerprint density at radius 2 is 1.44 bits per heavy atom. The molecule has 0 aliphatic heterocycles. The molecular weight excluding hydrogens is 322 g/mol. The summed E-state index contributed by atoms with van der Waals surface area (Å²) in [4.78, 5) is 12.4. The quantitative estimate of drug-likeness (QED) is 0.613. The first-order valence-corrected chi connectivity index (χ1v) is 7.74. The number of ether oxygens (including phenoxy) is 1. The maximum Gasteiger partial charge on any atom is 0.193 e. The van der Waals surface area contributed by atoms with E-state index in [1.165, 1.54) is 6.07 Å². The molecule has 126 valence electrons. The van der Waals surface area contributed by atoms with Crippen LogP contribution in [0.15, 0.2) is 60.7 Å². The lowest BCUT2D eigenvalue weighted by Gasteiger charge is -2.08. The van der Waals surface area contributed by atoms with Crippen LogP contribution in [0, 0.1) is 18.6 Å². The third-order valence-electron chi connectivity index (χ3n) is 4.06. The number of ketones is 1. The van der Waals surface area contributed by atoms with E-state index in [4.69, 9.17) is 4.74 Å². The number of benzene rings is 3. The summed E-state index contributed by atoms with van der Waals surface area (Å²) in [6.45, 7) is 1.96. The molecule has 3 aromatic carbocycles. The van der Waals surface area contributed by atoms with E-state index in [1.54, 1.807) is 19.2 Å². The largest absolute Gasteiger partial charge is 0.496 e. The monoisotopic (exact) mass is 338 g/mol. The summed E-state index contributed by atoms with van der Waals surface area (Å²) in [7, 11) is 1.63. The second kappa shape index (κ2) is 6.85. The Bertz CT molecular complexity index is 931. The summed E-state index contributed by atoms with van der Waals surface area (Å²) < 4.78 is 31.6. The number of halogens is 2. The van der Waals surface area contributed by atoms with Crippen LogP contribution in [0.2, 0.25) is 0 Å². The minimum Gasteiger partial charge on any atom is -0.496 e. The van der Waals surface area contributed by atoms with Gasteiger partial charge in [0.1, 0.15) is 5.75 Å². The third kappa shape index (κ3) is 3.43. The van der Waals surface area contributed by atoms with Gasteiger partial charge in [0.2, 0.25) is 0 Å². The van der Waals surface area contributed by atoms with Gasteiger partial charge in [0.15, 0.2) is 17.4 Å². The predicted molar refractivity (Wildman–Crippen MR) is 93.0 cm³/mol. The maximum atomic E-state index is 13.3. The zero-order valence-corrected chi connectivity index (χ0v) is 13.8. The van der Waals surface area contributed by atoms with Crippen molar-refractivity contribution in [2.45, 2.75) is 6.92 Å². The van der Waals surface area contributed by atoms with Crippen molar-refractivity contribution in [3.63, 3.8) is 0 Å². The number of aryl methyl sites for hydroxylation is 1. The van der Waals surface area contributed by atoms with Gasteiger partial charge in [-0.25, -0.2) is 8.78 Å². The van der Waals surface area contributed by atoms with Gasteiger partial charge in [-0.2, -0.15) is 0 Å². The molecule has 0 radical (unpaired) electrons. The lowest BCUT2D eigenvalue weighted by Crippen LogP contribution is -2.02. The van der Waals surface area contributed by atoms with Crippen molar-refractivity contribution in [1.82, 2.24) is 0 Å². The van der Waals surface area contributed by atoms with Crippen molar-refractivity contribution >= 4 is 5.78 Å².